The fourth-order valence-corrected chi connectivity index (χ4v) is 5.19. The topological polar surface area (TPSA) is 67.8 Å². The minimum absolute atomic E-state index is 0.0352. The molecule has 1 heterocycles. The van der Waals surface area contributed by atoms with Crippen LogP contribution in [0.4, 0.5) is 5.69 Å². The summed E-state index contributed by atoms with van der Waals surface area (Å²) >= 11 is 0. The van der Waals surface area contributed by atoms with Gasteiger partial charge in [-0.05, 0) is 85.4 Å². The van der Waals surface area contributed by atoms with Crippen LogP contribution in [0.15, 0.2) is 36.4 Å². The number of phenolic OH excluding ortho intramolecular Hbond substituents is 1. The predicted octanol–water partition coefficient (Wildman–Crippen LogP) is 4.25. The van der Waals surface area contributed by atoms with Gasteiger partial charge in [0.15, 0.2) is 11.5 Å². The smallest absolute Gasteiger partial charge is 0.232 e. The van der Waals surface area contributed by atoms with Crippen molar-refractivity contribution in [1.29, 1.82) is 0 Å². The first kappa shape index (κ1) is 17.4. The molecule has 5 rings (SSSR count). The van der Waals surface area contributed by atoms with Gasteiger partial charge in [0.2, 0.25) is 5.91 Å². The third-order valence-electron chi connectivity index (χ3n) is 6.60. The van der Waals surface area contributed by atoms with Gasteiger partial charge in [-0.15, -0.1) is 0 Å². The van der Waals surface area contributed by atoms with Crippen molar-refractivity contribution in [3.05, 3.63) is 47.5 Å². The number of fused-ring (bicyclic) bond motifs is 3. The Labute approximate surface area is 164 Å². The van der Waals surface area contributed by atoms with Crippen LogP contribution in [0.2, 0.25) is 0 Å². The number of aromatic hydroxyl groups is 1. The lowest BCUT2D eigenvalue weighted by molar-refractivity contribution is -0.117. The summed E-state index contributed by atoms with van der Waals surface area (Å²) in [5.41, 5.74) is 2.64. The number of hydrogen-bond donors (Lipinski definition) is 2. The summed E-state index contributed by atoms with van der Waals surface area (Å²) in [6.45, 7) is 0. The van der Waals surface area contributed by atoms with Crippen molar-refractivity contribution in [1.82, 2.24) is 0 Å². The monoisotopic (exact) mass is 379 g/mol. The first-order valence-electron chi connectivity index (χ1n) is 10.1. The van der Waals surface area contributed by atoms with Crippen molar-refractivity contribution < 1.29 is 19.4 Å². The largest absolute Gasteiger partial charge is 0.508 e. The Hall–Kier alpha value is -2.69. The number of carbonyl (C=O) groups excluding carboxylic acids is 1. The Morgan fingerprint density at radius 3 is 2.75 bits per heavy atom. The molecule has 2 N–H and O–H groups in total. The van der Waals surface area contributed by atoms with Crippen LogP contribution >= 0.6 is 0 Å². The molecule has 0 aromatic heterocycles. The second-order valence-electron chi connectivity index (χ2n) is 8.33. The van der Waals surface area contributed by atoms with Crippen LogP contribution < -0.4 is 14.8 Å². The maximum absolute atomic E-state index is 12.5. The van der Waals surface area contributed by atoms with Crippen molar-refractivity contribution in [3.8, 4) is 17.2 Å². The van der Waals surface area contributed by atoms with E-state index >= 15 is 0 Å². The number of nitrogens with one attached hydrogen (secondary N) is 1. The van der Waals surface area contributed by atoms with Gasteiger partial charge in [-0.25, -0.2) is 0 Å². The van der Waals surface area contributed by atoms with Crippen molar-refractivity contribution in [2.24, 2.45) is 11.8 Å². The minimum Gasteiger partial charge on any atom is -0.508 e. The van der Waals surface area contributed by atoms with E-state index in [1.54, 1.807) is 25.3 Å². The number of carbonyl (C=O) groups is 1. The highest BCUT2D eigenvalue weighted by atomic mass is 16.5. The van der Waals surface area contributed by atoms with Gasteiger partial charge in [0.25, 0.3) is 0 Å². The average Bonchev–Trinajstić information content (AvgIpc) is 3.38. The number of hydrogen-bond acceptors (Lipinski definition) is 4. The molecule has 28 heavy (non-hydrogen) atoms. The van der Waals surface area contributed by atoms with Crippen LogP contribution in [0.5, 0.6) is 17.2 Å². The van der Waals surface area contributed by atoms with Crippen molar-refractivity contribution >= 4 is 11.6 Å². The van der Waals surface area contributed by atoms with Gasteiger partial charge in [0.1, 0.15) is 11.9 Å². The van der Waals surface area contributed by atoms with Crippen LogP contribution in [0, 0.1) is 11.8 Å². The van der Waals surface area contributed by atoms with E-state index in [1.165, 1.54) is 19.3 Å². The van der Waals surface area contributed by atoms with Crippen LogP contribution in [-0.4, -0.2) is 24.2 Å². The second-order valence-corrected chi connectivity index (χ2v) is 8.33. The number of amides is 1. The quantitative estimate of drug-likeness (QED) is 0.762. The Kier molecular flexibility index (Phi) is 4.18. The van der Waals surface area contributed by atoms with Gasteiger partial charge in [-0.2, -0.15) is 0 Å². The number of rotatable bonds is 5. The molecular formula is C23H25NO4. The maximum Gasteiger partial charge on any atom is 0.232 e. The molecule has 2 saturated carbocycles. The summed E-state index contributed by atoms with van der Waals surface area (Å²) in [5.74, 6) is 2.81. The number of anilines is 1. The highest BCUT2D eigenvalue weighted by Crippen LogP contribution is 2.47. The molecule has 5 nitrogen and oxygen atoms in total. The summed E-state index contributed by atoms with van der Waals surface area (Å²) in [4.78, 5) is 12.5. The fraction of sp³-hybridized carbons (Fsp3) is 0.435. The fourth-order valence-electron chi connectivity index (χ4n) is 5.19. The SMILES string of the molecule is COc1ccc(CC2C(=O)Nc3ccc(O)cc32)cc1OC1CC2CCC1C2. The van der Waals surface area contributed by atoms with Crippen molar-refractivity contribution in [2.75, 3.05) is 12.4 Å². The summed E-state index contributed by atoms with van der Waals surface area (Å²) in [5, 5.41) is 12.7. The third kappa shape index (κ3) is 2.99. The van der Waals surface area contributed by atoms with E-state index in [1.807, 2.05) is 18.2 Å². The van der Waals surface area contributed by atoms with Crippen LogP contribution in [0.1, 0.15) is 42.7 Å². The first-order chi connectivity index (χ1) is 13.6. The molecule has 0 saturated heterocycles. The van der Waals surface area contributed by atoms with E-state index < -0.39 is 0 Å². The second kappa shape index (κ2) is 6.73. The number of phenols is 1. The summed E-state index contributed by atoms with van der Waals surface area (Å²) in [6.07, 6.45) is 5.85. The number of ether oxygens (including phenoxy) is 2. The van der Waals surface area contributed by atoms with E-state index in [0.717, 1.165) is 40.7 Å². The zero-order valence-corrected chi connectivity index (χ0v) is 16.0. The molecule has 3 aliphatic rings. The standard InChI is InChI=1S/C23H25NO4/c1-27-20-7-3-14(11-22(20)28-21-10-13-2-4-15(21)8-13)9-18-17-12-16(25)5-6-19(17)24-23(18)26/h3,5-7,11-13,15,18,21,25H,2,4,8-10H2,1H3,(H,24,26). The molecular weight excluding hydrogens is 354 g/mol. The molecule has 2 aliphatic carbocycles. The van der Waals surface area contributed by atoms with E-state index in [0.29, 0.717) is 12.3 Å². The van der Waals surface area contributed by atoms with Crippen LogP contribution in [0.3, 0.4) is 0 Å². The third-order valence-corrected chi connectivity index (χ3v) is 6.60. The Morgan fingerprint density at radius 2 is 2.00 bits per heavy atom. The van der Waals surface area contributed by atoms with Crippen LogP contribution in [-0.2, 0) is 11.2 Å². The lowest BCUT2D eigenvalue weighted by Gasteiger charge is -2.24. The van der Waals surface area contributed by atoms with Crippen molar-refractivity contribution in [2.45, 2.75) is 44.1 Å². The van der Waals surface area contributed by atoms with E-state index in [2.05, 4.69) is 5.32 Å². The normalized spacial score (nSPS) is 27.5. The molecule has 4 unspecified atom stereocenters. The van der Waals surface area contributed by atoms with Crippen molar-refractivity contribution in [3.63, 3.8) is 0 Å². The highest BCUT2D eigenvalue weighted by Gasteiger charge is 2.41. The molecule has 146 valence electrons. The molecule has 2 aromatic rings. The Bertz CT molecular complexity index is 925. The lowest BCUT2D eigenvalue weighted by atomic mass is 9.93. The molecule has 2 aromatic carbocycles. The van der Waals surface area contributed by atoms with Gasteiger partial charge in [0, 0.05) is 5.69 Å². The molecule has 4 atom stereocenters. The molecule has 1 aliphatic heterocycles. The Morgan fingerprint density at radius 1 is 1.11 bits per heavy atom. The molecule has 0 spiro atoms. The number of benzene rings is 2. The average molecular weight is 379 g/mol. The van der Waals surface area contributed by atoms with Gasteiger partial charge in [-0.1, -0.05) is 6.07 Å². The van der Waals surface area contributed by atoms with Gasteiger partial charge >= 0.3 is 0 Å². The molecule has 2 fully saturated rings. The maximum atomic E-state index is 12.5. The van der Waals surface area contributed by atoms with E-state index in [9.17, 15) is 9.90 Å². The molecule has 2 bridgehead atoms. The van der Waals surface area contributed by atoms with Gasteiger partial charge in [-0.3, -0.25) is 4.79 Å². The van der Waals surface area contributed by atoms with Gasteiger partial charge < -0.3 is 19.9 Å². The van der Waals surface area contributed by atoms with E-state index in [-0.39, 0.29) is 23.7 Å². The lowest BCUT2D eigenvalue weighted by Crippen LogP contribution is -2.23. The molecule has 1 amide bonds. The Balaban J connectivity index is 1.39. The summed E-state index contributed by atoms with van der Waals surface area (Å²) < 4.78 is 11.9. The summed E-state index contributed by atoms with van der Waals surface area (Å²) in [7, 11) is 1.66. The predicted molar refractivity (Wildman–Crippen MR) is 106 cm³/mol. The highest BCUT2D eigenvalue weighted by molar-refractivity contribution is 6.03. The zero-order chi connectivity index (χ0) is 19.3. The molecule has 0 radical (unpaired) electrons. The van der Waals surface area contributed by atoms with E-state index in [4.69, 9.17) is 9.47 Å². The zero-order valence-electron chi connectivity index (χ0n) is 16.0. The van der Waals surface area contributed by atoms with Crippen LogP contribution in [0.25, 0.3) is 0 Å². The van der Waals surface area contributed by atoms with Gasteiger partial charge in [0.05, 0.1) is 13.0 Å². The molecule has 5 heteroatoms. The minimum atomic E-state index is -0.314. The first-order valence-corrected chi connectivity index (χ1v) is 10.1. The summed E-state index contributed by atoms with van der Waals surface area (Å²) in [6, 6.07) is 10.9. The number of methoxy groups -OCH3 is 1.